The summed E-state index contributed by atoms with van der Waals surface area (Å²) < 4.78 is 2.06. The number of benzene rings is 2. The van der Waals surface area contributed by atoms with Gasteiger partial charge in [-0.3, -0.25) is 4.79 Å². The lowest BCUT2D eigenvalue weighted by Gasteiger charge is -2.04. The van der Waals surface area contributed by atoms with Crippen LogP contribution in [-0.2, 0) is 24.8 Å². The van der Waals surface area contributed by atoms with Crippen LogP contribution in [0, 0.1) is 0 Å². The van der Waals surface area contributed by atoms with Crippen molar-refractivity contribution in [3.05, 3.63) is 71.9 Å². The number of aromatic nitrogens is 1. The molecule has 1 aromatic heterocycles. The Kier molecular flexibility index (Phi) is 3.73. The summed E-state index contributed by atoms with van der Waals surface area (Å²) in [7, 11) is 2.01. The highest BCUT2D eigenvalue weighted by Gasteiger charge is 2.10. The lowest BCUT2D eigenvalue weighted by atomic mass is 10.1. The second-order valence-electron chi connectivity index (χ2n) is 5.22. The fraction of sp³-hybridized carbons (Fsp3) is 0.167. The molecule has 0 unspecified atom stereocenters. The number of rotatable bonds is 4. The van der Waals surface area contributed by atoms with E-state index in [1.807, 2.05) is 55.7 Å². The molecule has 0 radical (unpaired) electrons. The molecule has 1 amide bonds. The molecule has 3 rings (SSSR count). The van der Waals surface area contributed by atoms with Crippen LogP contribution in [0.15, 0.2) is 60.8 Å². The second-order valence-corrected chi connectivity index (χ2v) is 5.22. The highest BCUT2D eigenvalue weighted by molar-refractivity contribution is 5.89. The van der Waals surface area contributed by atoms with Gasteiger partial charge in [-0.1, -0.05) is 48.5 Å². The molecule has 0 saturated heterocycles. The Morgan fingerprint density at radius 1 is 1.05 bits per heavy atom. The molecule has 106 valence electrons. The Balaban J connectivity index is 1.69. The Hall–Kier alpha value is -2.55. The van der Waals surface area contributed by atoms with Crippen molar-refractivity contribution in [2.45, 2.75) is 13.0 Å². The molecule has 0 bridgehead atoms. The Morgan fingerprint density at radius 3 is 2.57 bits per heavy atom. The highest BCUT2D eigenvalue weighted by atomic mass is 16.1. The Labute approximate surface area is 124 Å². The van der Waals surface area contributed by atoms with Gasteiger partial charge in [0, 0.05) is 30.7 Å². The van der Waals surface area contributed by atoms with E-state index in [0.29, 0.717) is 13.0 Å². The molecule has 0 fully saturated rings. The number of amides is 1. The van der Waals surface area contributed by atoms with Crippen molar-refractivity contribution >= 4 is 16.8 Å². The molecule has 0 spiro atoms. The number of nitrogens with one attached hydrogen (secondary N) is 1. The number of para-hydroxylation sites is 1. The van der Waals surface area contributed by atoms with E-state index in [1.54, 1.807) is 0 Å². The fourth-order valence-electron chi connectivity index (χ4n) is 2.60. The van der Waals surface area contributed by atoms with Crippen LogP contribution in [0.1, 0.15) is 11.1 Å². The predicted molar refractivity (Wildman–Crippen MR) is 84.9 cm³/mol. The molecule has 3 nitrogen and oxygen atoms in total. The number of carbonyl (C=O) groups is 1. The first-order chi connectivity index (χ1) is 10.2. The summed E-state index contributed by atoms with van der Waals surface area (Å²) in [6.45, 7) is 0.574. The third-order valence-corrected chi connectivity index (χ3v) is 3.66. The van der Waals surface area contributed by atoms with Crippen LogP contribution in [0.2, 0.25) is 0 Å². The number of aryl methyl sites for hydroxylation is 1. The minimum absolute atomic E-state index is 0.0511. The largest absolute Gasteiger partial charge is 0.352 e. The van der Waals surface area contributed by atoms with Crippen LogP contribution in [0.5, 0.6) is 0 Å². The standard InChI is InChI=1S/C18H18N2O/c1-20-13-15(16-9-5-6-10-17(16)20)11-18(21)19-12-14-7-3-2-4-8-14/h2-10,13H,11-12H2,1H3,(H,19,21). The van der Waals surface area contributed by atoms with E-state index in [4.69, 9.17) is 0 Å². The van der Waals surface area contributed by atoms with Gasteiger partial charge in [0.15, 0.2) is 0 Å². The van der Waals surface area contributed by atoms with Crippen LogP contribution >= 0.6 is 0 Å². The number of nitrogens with zero attached hydrogens (tertiary/aromatic N) is 1. The molecular weight excluding hydrogens is 260 g/mol. The maximum atomic E-state index is 12.1. The fourth-order valence-corrected chi connectivity index (χ4v) is 2.60. The minimum atomic E-state index is 0.0511. The summed E-state index contributed by atoms with van der Waals surface area (Å²) >= 11 is 0. The van der Waals surface area contributed by atoms with Crippen LogP contribution in [0.3, 0.4) is 0 Å². The van der Waals surface area contributed by atoms with Gasteiger partial charge in [0.25, 0.3) is 0 Å². The first kappa shape index (κ1) is 13.4. The lowest BCUT2D eigenvalue weighted by molar-refractivity contribution is -0.120. The van der Waals surface area contributed by atoms with Gasteiger partial charge >= 0.3 is 0 Å². The van der Waals surface area contributed by atoms with E-state index in [1.165, 1.54) is 0 Å². The summed E-state index contributed by atoms with van der Waals surface area (Å²) in [6, 6.07) is 18.1. The monoisotopic (exact) mass is 278 g/mol. The second kappa shape index (κ2) is 5.83. The highest BCUT2D eigenvalue weighted by Crippen LogP contribution is 2.20. The van der Waals surface area contributed by atoms with Gasteiger partial charge in [-0.2, -0.15) is 0 Å². The lowest BCUT2D eigenvalue weighted by Crippen LogP contribution is -2.24. The normalized spacial score (nSPS) is 10.7. The van der Waals surface area contributed by atoms with Crippen LogP contribution in [-0.4, -0.2) is 10.5 Å². The molecule has 1 N–H and O–H groups in total. The van der Waals surface area contributed by atoms with Gasteiger partial charge in [0.05, 0.1) is 6.42 Å². The molecule has 0 atom stereocenters. The molecule has 21 heavy (non-hydrogen) atoms. The van der Waals surface area contributed by atoms with Gasteiger partial charge in [0.1, 0.15) is 0 Å². The van der Waals surface area contributed by atoms with Gasteiger partial charge in [0.2, 0.25) is 5.91 Å². The molecular formula is C18H18N2O. The maximum absolute atomic E-state index is 12.1. The van der Waals surface area contributed by atoms with Crippen LogP contribution in [0.25, 0.3) is 10.9 Å². The number of fused-ring (bicyclic) bond motifs is 1. The quantitative estimate of drug-likeness (QED) is 0.782. The van der Waals surface area contributed by atoms with Crippen molar-refractivity contribution in [1.82, 2.24) is 9.88 Å². The summed E-state index contributed by atoms with van der Waals surface area (Å²) in [5, 5.41) is 4.12. The molecule has 2 aromatic carbocycles. The van der Waals surface area contributed by atoms with Gasteiger partial charge in [-0.15, -0.1) is 0 Å². The van der Waals surface area contributed by atoms with E-state index in [9.17, 15) is 4.79 Å². The zero-order valence-electron chi connectivity index (χ0n) is 12.0. The smallest absolute Gasteiger partial charge is 0.224 e. The molecule has 3 aromatic rings. The first-order valence-electron chi connectivity index (χ1n) is 7.07. The Bertz CT molecular complexity index is 759. The molecule has 3 heteroatoms. The van der Waals surface area contributed by atoms with Crippen molar-refractivity contribution in [3.63, 3.8) is 0 Å². The van der Waals surface area contributed by atoms with E-state index < -0.39 is 0 Å². The van der Waals surface area contributed by atoms with Crippen molar-refractivity contribution in [1.29, 1.82) is 0 Å². The number of hydrogen-bond donors (Lipinski definition) is 1. The SMILES string of the molecule is Cn1cc(CC(=O)NCc2ccccc2)c2ccccc21. The van der Waals surface area contributed by atoms with Crippen LogP contribution in [0.4, 0.5) is 0 Å². The summed E-state index contributed by atoms with van der Waals surface area (Å²) in [5.74, 6) is 0.0511. The van der Waals surface area contributed by atoms with Crippen molar-refractivity contribution in [2.24, 2.45) is 7.05 Å². The molecule has 0 aliphatic rings. The summed E-state index contributed by atoms with van der Waals surface area (Å²) in [6.07, 6.45) is 2.45. The first-order valence-corrected chi connectivity index (χ1v) is 7.07. The summed E-state index contributed by atoms with van der Waals surface area (Å²) in [4.78, 5) is 12.1. The third-order valence-electron chi connectivity index (χ3n) is 3.66. The average molecular weight is 278 g/mol. The Morgan fingerprint density at radius 2 is 1.76 bits per heavy atom. The topological polar surface area (TPSA) is 34.0 Å². The predicted octanol–water partition coefficient (Wildman–Crippen LogP) is 3.04. The average Bonchev–Trinajstić information content (AvgIpc) is 2.83. The zero-order chi connectivity index (χ0) is 14.7. The van der Waals surface area contributed by atoms with Crippen LogP contribution < -0.4 is 5.32 Å². The summed E-state index contributed by atoms with van der Waals surface area (Å²) in [5.41, 5.74) is 3.34. The van der Waals surface area contributed by atoms with E-state index >= 15 is 0 Å². The maximum Gasteiger partial charge on any atom is 0.224 e. The van der Waals surface area contributed by atoms with E-state index in [2.05, 4.69) is 22.0 Å². The molecule has 1 heterocycles. The van der Waals surface area contributed by atoms with E-state index in [0.717, 1.165) is 22.0 Å². The number of hydrogen-bond acceptors (Lipinski definition) is 1. The molecule has 0 saturated carbocycles. The van der Waals surface area contributed by atoms with E-state index in [-0.39, 0.29) is 5.91 Å². The zero-order valence-corrected chi connectivity index (χ0v) is 12.0. The van der Waals surface area contributed by atoms with Gasteiger partial charge in [-0.25, -0.2) is 0 Å². The van der Waals surface area contributed by atoms with Crippen molar-refractivity contribution in [2.75, 3.05) is 0 Å². The molecule has 0 aliphatic heterocycles. The number of carbonyl (C=O) groups excluding carboxylic acids is 1. The van der Waals surface area contributed by atoms with Crippen molar-refractivity contribution in [3.8, 4) is 0 Å². The third kappa shape index (κ3) is 2.97. The van der Waals surface area contributed by atoms with Gasteiger partial charge in [-0.05, 0) is 17.2 Å². The molecule has 0 aliphatic carbocycles. The minimum Gasteiger partial charge on any atom is -0.352 e. The van der Waals surface area contributed by atoms with Crippen molar-refractivity contribution < 1.29 is 4.79 Å². The van der Waals surface area contributed by atoms with Gasteiger partial charge < -0.3 is 9.88 Å².